The number of nitrogens with two attached hydrogens (primary N) is 1. The third kappa shape index (κ3) is 4.63. The zero-order chi connectivity index (χ0) is 12.9. The van der Waals surface area contributed by atoms with Crippen molar-refractivity contribution in [2.24, 2.45) is 5.73 Å². The van der Waals surface area contributed by atoms with Crippen LogP contribution in [-0.2, 0) is 4.74 Å². The first-order valence-corrected chi connectivity index (χ1v) is 5.61. The van der Waals surface area contributed by atoms with Gasteiger partial charge in [-0.1, -0.05) is 11.6 Å². The van der Waals surface area contributed by atoms with Crippen LogP contribution in [0, 0.1) is 0 Å². The molecule has 1 aliphatic rings. The Hall–Kier alpha value is -0.620. The van der Waals surface area contributed by atoms with Crippen LogP contribution in [0.25, 0.3) is 0 Å². The van der Waals surface area contributed by atoms with Crippen LogP contribution in [0.1, 0.15) is 25.7 Å². The van der Waals surface area contributed by atoms with Crippen LogP contribution in [0.5, 0.6) is 0 Å². The Labute approximate surface area is 97.8 Å². The lowest BCUT2D eigenvalue weighted by Gasteiger charge is -2.21. The van der Waals surface area contributed by atoms with Gasteiger partial charge in [0.2, 0.25) is 0 Å². The lowest BCUT2D eigenvalue weighted by Crippen LogP contribution is -2.36. The molecule has 1 atom stereocenters. The highest BCUT2D eigenvalue weighted by Crippen LogP contribution is 2.24. The average Bonchev–Trinajstić information content (AvgIpc) is 2.29. The Kier molecular flexibility index (Phi) is 5.39. The zero-order valence-corrected chi connectivity index (χ0v) is 9.47. The maximum Gasteiger partial charge on any atom is 0.330 e. The molecule has 1 unspecified atom stereocenters. The maximum absolute atomic E-state index is 12.5. The molecule has 0 aromatic rings. The van der Waals surface area contributed by atoms with E-state index in [0.29, 0.717) is 0 Å². The predicted octanol–water partition coefficient (Wildman–Crippen LogP) is 2.73. The molecule has 0 saturated carbocycles. The fourth-order valence-corrected chi connectivity index (χ4v) is 1.69. The van der Waals surface area contributed by atoms with Gasteiger partial charge in [0.25, 0.3) is 0 Å². The fraction of sp³-hybridized carbons (Fsp3) is 0.818. The lowest BCUT2D eigenvalue weighted by atomic mass is 9.95. The van der Waals surface area contributed by atoms with Crippen molar-refractivity contribution in [2.45, 2.75) is 44.1 Å². The van der Waals surface area contributed by atoms with Gasteiger partial charge in [0.1, 0.15) is 6.61 Å². The Morgan fingerprint density at radius 3 is 2.59 bits per heavy atom. The van der Waals surface area contributed by atoms with Crippen molar-refractivity contribution in [2.75, 3.05) is 13.2 Å². The molecule has 2 nitrogen and oxygen atoms in total. The summed E-state index contributed by atoms with van der Waals surface area (Å²) in [5.74, 6) is -4.10. The van der Waals surface area contributed by atoms with Gasteiger partial charge in [0.15, 0.2) is 0 Å². The third-order valence-corrected chi connectivity index (χ3v) is 2.71. The molecule has 0 aromatic heterocycles. The number of alkyl halides is 4. The lowest BCUT2D eigenvalue weighted by molar-refractivity contribution is -0.166. The third-order valence-electron chi connectivity index (χ3n) is 2.71. The smallest absolute Gasteiger partial charge is 0.330 e. The van der Waals surface area contributed by atoms with E-state index in [1.54, 1.807) is 0 Å². The molecule has 0 heterocycles. The highest BCUT2D eigenvalue weighted by atomic mass is 19.3. The molecule has 0 amide bonds. The van der Waals surface area contributed by atoms with E-state index in [9.17, 15) is 17.6 Å². The number of ether oxygens (including phenoxy) is 1. The minimum Gasteiger partial charge on any atom is -0.373 e. The highest BCUT2D eigenvalue weighted by Gasteiger charge is 2.41. The number of hydrogen-bond donors (Lipinski definition) is 1. The van der Waals surface area contributed by atoms with E-state index in [1.807, 2.05) is 6.08 Å². The molecule has 2 N–H and O–H groups in total. The highest BCUT2D eigenvalue weighted by molar-refractivity contribution is 5.12. The quantitative estimate of drug-likeness (QED) is 0.585. The SMILES string of the molecule is NC(COCC(F)(F)C(F)F)C1=CCCCC1. The van der Waals surface area contributed by atoms with E-state index >= 15 is 0 Å². The van der Waals surface area contributed by atoms with Crippen LogP contribution in [0.3, 0.4) is 0 Å². The van der Waals surface area contributed by atoms with Crippen molar-refractivity contribution in [1.29, 1.82) is 0 Å². The fourth-order valence-electron chi connectivity index (χ4n) is 1.69. The van der Waals surface area contributed by atoms with Gasteiger partial charge < -0.3 is 10.5 Å². The normalized spacial score (nSPS) is 19.3. The molecule has 1 aliphatic carbocycles. The van der Waals surface area contributed by atoms with Crippen LogP contribution in [0.2, 0.25) is 0 Å². The molecule has 1 rings (SSSR count). The van der Waals surface area contributed by atoms with Crippen molar-refractivity contribution >= 4 is 0 Å². The number of halogens is 4. The standard InChI is InChI=1S/C11H17F4NO/c12-10(13)11(14,15)7-17-6-9(16)8-4-2-1-3-5-8/h4,9-10H,1-3,5-7,16H2. The molecule has 6 heteroatoms. The summed E-state index contributed by atoms with van der Waals surface area (Å²) < 4.78 is 53.2. The summed E-state index contributed by atoms with van der Waals surface area (Å²) in [6.07, 6.45) is 2.15. The molecule has 0 aliphatic heterocycles. The molecule has 0 saturated heterocycles. The molecule has 0 fully saturated rings. The summed E-state index contributed by atoms with van der Waals surface area (Å²) in [6.45, 7) is -1.43. The molecule has 0 aromatic carbocycles. The predicted molar refractivity (Wildman–Crippen MR) is 56.3 cm³/mol. The number of hydrogen-bond acceptors (Lipinski definition) is 2. The van der Waals surface area contributed by atoms with Gasteiger partial charge in [-0.25, -0.2) is 8.78 Å². The van der Waals surface area contributed by atoms with Gasteiger partial charge in [-0.15, -0.1) is 0 Å². The van der Waals surface area contributed by atoms with E-state index in [1.165, 1.54) is 0 Å². The van der Waals surface area contributed by atoms with Crippen LogP contribution in [0.4, 0.5) is 17.6 Å². The minimum atomic E-state index is -4.10. The number of rotatable bonds is 6. The van der Waals surface area contributed by atoms with E-state index < -0.39 is 25.0 Å². The minimum absolute atomic E-state index is 0.145. The van der Waals surface area contributed by atoms with Crippen molar-refractivity contribution < 1.29 is 22.3 Å². The summed E-state index contributed by atoms with van der Waals surface area (Å²) in [6, 6.07) is -0.469. The van der Waals surface area contributed by atoms with Crippen molar-refractivity contribution in [1.82, 2.24) is 0 Å². The zero-order valence-electron chi connectivity index (χ0n) is 9.47. The summed E-state index contributed by atoms with van der Waals surface area (Å²) in [4.78, 5) is 0. The largest absolute Gasteiger partial charge is 0.373 e. The summed E-state index contributed by atoms with van der Waals surface area (Å²) >= 11 is 0. The van der Waals surface area contributed by atoms with E-state index in [0.717, 1.165) is 31.3 Å². The van der Waals surface area contributed by atoms with Gasteiger partial charge in [-0.05, 0) is 25.7 Å². The first-order chi connectivity index (χ1) is 7.93. The van der Waals surface area contributed by atoms with Crippen molar-refractivity contribution in [3.05, 3.63) is 11.6 Å². The van der Waals surface area contributed by atoms with E-state index in [2.05, 4.69) is 4.74 Å². The van der Waals surface area contributed by atoms with Gasteiger partial charge in [-0.2, -0.15) is 8.78 Å². The summed E-state index contributed by atoms with van der Waals surface area (Å²) in [7, 11) is 0. The molecule has 0 radical (unpaired) electrons. The monoisotopic (exact) mass is 255 g/mol. The number of allylic oxidation sites excluding steroid dienone is 1. The Bertz CT molecular complexity index is 268. The Morgan fingerprint density at radius 1 is 1.35 bits per heavy atom. The van der Waals surface area contributed by atoms with Gasteiger partial charge in [0, 0.05) is 6.04 Å². The molecular formula is C11H17F4NO. The molecular weight excluding hydrogens is 238 g/mol. The Morgan fingerprint density at radius 2 is 2.06 bits per heavy atom. The van der Waals surface area contributed by atoms with Gasteiger partial charge in [-0.3, -0.25) is 0 Å². The van der Waals surface area contributed by atoms with E-state index in [4.69, 9.17) is 5.73 Å². The van der Waals surface area contributed by atoms with Crippen LogP contribution in [-0.4, -0.2) is 31.6 Å². The van der Waals surface area contributed by atoms with Crippen LogP contribution in [0.15, 0.2) is 11.6 Å². The maximum atomic E-state index is 12.5. The second-order valence-corrected chi connectivity index (χ2v) is 4.21. The summed E-state index contributed by atoms with van der Waals surface area (Å²) in [5, 5.41) is 0. The second-order valence-electron chi connectivity index (χ2n) is 4.21. The first kappa shape index (κ1) is 14.4. The molecule has 0 spiro atoms. The van der Waals surface area contributed by atoms with Crippen LogP contribution < -0.4 is 5.73 Å². The molecule has 0 bridgehead atoms. The summed E-state index contributed by atoms with van der Waals surface area (Å²) in [5.41, 5.74) is 6.70. The second kappa shape index (κ2) is 6.35. The molecule has 17 heavy (non-hydrogen) atoms. The topological polar surface area (TPSA) is 35.2 Å². The molecule has 100 valence electrons. The average molecular weight is 255 g/mol. The van der Waals surface area contributed by atoms with Gasteiger partial charge >= 0.3 is 12.3 Å². The van der Waals surface area contributed by atoms with E-state index in [-0.39, 0.29) is 6.61 Å². The van der Waals surface area contributed by atoms with Crippen LogP contribution >= 0.6 is 0 Å². The first-order valence-electron chi connectivity index (χ1n) is 5.61. The van der Waals surface area contributed by atoms with Crippen molar-refractivity contribution in [3.8, 4) is 0 Å². The van der Waals surface area contributed by atoms with Crippen molar-refractivity contribution in [3.63, 3.8) is 0 Å². The Balaban J connectivity index is 2.28. The van der Waals surface area contributed by atoms with Gasteiger partial charge in [0.05, 0.1) is 6.61 Å².